The van der Waals surface area contributed by atoms with Gasteiger partial charge >= 0.3 is 0 Å². The Morgan fingerprint density at radius 3 is 3.11 bits per heavy atom. The summed E-state index contributed by atoms with van der Waals surface area (Å²) in [5.41, 5.74) is 10.1. The summed E-state index contributed by atoms with van der Waals surface area (Å²) in [6, 6.07) is 6.40. The average Bonchev–Trinajstić information content (AvgIpc) is 3.01. The number of benzene rings is 1. The molecule has 0 radical (unpaired) electrons. The second-order valence-electron chi connectivity index (χ2n) is 4.51. The smallest absolute Gasteiger partial charge is 0.180 e. The van der Waals surface area contributed by atoms with Gasteiger partial charge < -0.3 is 11.1 Å². The van der Waals surface area contributed by atoms with E-state index in [1.807, 2.05) is 6.07 Å². The van der Waals surface area contributed by atoms with E-state index < -0.39 is 0 Å². The molecule has 2 aromatic heterocycles. The lowest BCUT2D eigenvalue weighted by Gasteiger charge is -2.23. The number of rotatable bonds is 1. The molecule has 0 saturated carbocycles. The maximum atomic E-state index is 5.83. The van der Waals surface area contributed by atoms with Gasteiger partial charge in [0.1, 0.15) is 11.0 Å². The molecule has 0 saturated heterocycles. The lowest BCUT2D eigenvalue weighted by atomic mass is 9.99. The van der Waals surface area contributed by atoms with Crippen molar-refractivity contribution in [3.8, 4) is 0 Å². The average molecular weight is 289 g/mol. The van der Waals surface area contributed by atoms with Gasteiger partial charge in [0.05, 0.1) is 28.3 Å². The molecule has 3 N–H and O–H groups in total. The van der Waals surface area contributed by atoms with Crippen LogP contribution in [0.3, 0.4) is 0 Å². The molecule has 19 heavy (non-hydrogen) atoms. The van der Waals surface area contributed by atoms with Gasteiger partial charge in [-0.2, -0.15) is 8.75 Å². The molecule has 0 aliphatic carbocycles. The fourth-order valence-corrected chi connectivity index (χ4v) is 3.96. The van der Waals surface area contributed by atoms with Crippen molar-refractivity contribution in [1.82, 2.24) is 19.0 Å². The number of fused-ring (bicyclic) bond motifs is 2. The zero-order valence-corrected chi connectivity index (χ0v) is 11.6. The second-order valence-corrected chi connectivity index (χ2v) is 6.10. The Bertz CT molecular complexity index is 748. The molecule has 1 aromatic carbocycles. The summed E-state index contributed by atoms with van der Waals surface area (Å²) in [4.78, 5) is 5.64. The van der Waals surface area contributed by atoms with E-state index >= 15 is 0 Å². The predicted molar refractivity (Wildman–Crippen MR) is 77.5 cm³/mol. The highest BCUT2D eigenvalue weighted by Crippen LogP contribution is 2.35. The van der Waals surface area contributed by atoms with Crippen molar-refractivity contribution in [2.75, 3.05) is 12.3 Å². The van der Waals surface area contributed by atoms with Crippen molar-refractivity contribution in [2.45, 2.75) is 12.5 Å². The number of nitrogens with one attached hydrogen (secondary N) is 1. The molecular formula is C12H11N5S2. The van der Waals surface area contributed by atoms with Crippen molar-refractivity contribution in [2.24, 2.45) is 0 Å². The van der Waals surface area contributed by atoms with Gasteiger partial charge in [-0.15, -0.1) is 11.3 Å². The molecule has 3 aromatic rings. The van der Waals surface area contributed by atoms with Crippen LogP contribution in [-0.2, 0) is 6.42 Å². The third-order valence-corrected chi connectivity index (χ3v) is 4.88. The summed E-state index contributed by atoms with van der Waals surface area (Å²) in [7, 11) is 0. The van der Waals surface area contributed by atoms with Crippen LogP contribution in [0.4, 0.5) is 5.13 Å². The molecule has 5 nitrogen and oxygen atoms in total. The highest BCUT2D eigenvalue weighted by molar-refractivity contribution is 7.15. The third kappa shape index (κ3) is 1.81. The molecule has 96 valence electrons. The highest BCUT2D eigenvalue weighted by atomic mass is 32.1. The Morgan fingerprint density at radius 1 is 1.26 bits per heavy atom. The SMILES string of the molecule is Nc1nc2c(s1)[C@@H](c1ccc3nsnc3c1)NCC2. The topological polar surface area (TPSA) is 76.7 Å². The van der Waals surface area contributed by atoms with E-state index in [4.69, 9.17) is 5.73 Å². The molecule has 3 heterocycles. The van der Waals surface area contributed by atoms with Crippen LogP contribution in [0.5, 0.6) is 0 Å². The summed E-state index contributed by atoms with van der Waals surface area (Å²) in [6.07, 6.45) is 0.944. The fourth-order valence-electron chi connectivity index (χ4n) is 2.46. The second kappa shape index (κ2) is 4.22. The van der Waals surface area contributed by atoms with Crippen LogP contribution in [0.25, 0.3) is 11.0 Å². The molecule has 1 aliphatic rings. The first kappa shape index (κ1) is 11.3. The van der Waals surface area contributed by atoms with E-state index in [0.717, 1.165) is 29.7 Å². The van der Waals surface area contributed by atoms with Gasteiger partial charge in [0, 0.05) is 13.0 Å². The van der Waals surface area contributed by atoms with Crippen LogP contribution >= 0.6 is 23.1 Å². The third-order valence-electron chi connectivity index (χ3n) is 3.33. The molecule has 0 amide bonds. The number of nitrogens with two attached hydrogens (primary N) is 1. The number of hydrogen-bond donors (Lipinski definition) is 2. The molecular weight excluding hydrogens is 278 g/mol. The van der Waals surface area contributed by atoms with Gasteiger partial charge in [-0.05, 0) is 17.7 Å². The Balaban J connectivity index is 1.83. The van der Waals surface area contributed by atoms with Gasteiger partial charge in [-0.25, -0.2) is 4.98 Å². The number of thiazole rings is 1. The fraction of sp³-hybridized carbons (Fsp3) is 0.250. The number of aromatic nitrogens is 3. The number of nitrogens with zero attached hydrogens (tertiary/aromatic N) is 3. The Hall–Kier alpha value is -1.57. The molecule has 0 fully saturated rings. The van der Waals surface area contributed by atoms with Gasteiger partial charge in [0.25, 0.3) is 0 Å². The van der Waals surface area contributed by atoms with Crippen LogP contribution in [0.1, 0.15) is 22.2 Å². The van der Waals surface area contributed by atoms with Crippen LogP contribution in [0.2, 0.25) is 0 Å². The molecule has 0 unspecified atom stereocenters. The predicted octanol–water partition coefficient (Wildman–Crippen LogP) is 1.97. The minimum Gasteiger partial charge on any atom is -0.375 e. The molecule has 0 spiro atoms. The summed E-state index contributed by atoms with van der Waals surface area (Å²) in [5.74, 6) is 0. The van der Waals surface area contributed by atoms with E-state index in [2.05, 4.69) is 31.2 Å². The van der Waals surface area contributed by atoms with Crippen LogP contribution in [-0.4, -0.2) is 20.3 Å². The maximum Gasteiger partial charge on any atom is 0.180 e. The van der Waals surface area contributed by atoms with Crippen LogP contribution in [0, 0.1) is 0 Å². The van der Waals surface area contributed by atoms with E-state index in [1.165, 1.54) is 22.2 Å². The summed E-state index contributed by atoms with van der Waals surface area (Å²) in [5, 5.41) is 4.18. The lowest BCUT2D eigenvalue weighted by molar-refractivity contribution is 0.571. The van der Waals surface area contributed by atoms with E-state index in [0.29, 0.717) is 5.13 Å². The first-order valence-electron chi connectivity index (χ1n) is 6.02. The highest BCUT2D eigenvalue weighted by Gasteiger charge is 2.25. The number of hydrogen-bond acceptors (Lipinski definition) is 7. The Kier molecular flexibility index (Phi) is 2.51. The van der Waals surface area contributed by atoms with Gasteiger partial charge in [0.15, 0.2) is 5.13 Å². The van der Waals surface area contributed by atoms with Gasteiger partial charge in [-0.3, -0.25) is 0 Å². The first-order valence-corrected chi connectivity index (χ1v) is 7.56. The molecule has 7 heteroatoms. The summed E-state index contributed by atoms with van der Waals surface area (Å²) in [6.45, 7) is 0.925. The monoisotopic (exact) mass is 289 g/mol. The molecule has 1 atom stereocenters. The summed E-state index contributed by atoms with van der Waals surface area (Å²) < 4.78 is 8.54. The first-order chi connectivity index (χ1) is 9.31. The van der Waals surface area contributed by atoms with Gasteiger partial charge in [0.2, 0.25) is 0 Å². The zero-order valence-electron chi connectivity index (χ0n) is 9.96. The van der Waals surface area contributed by atoms with Crippen molar-refractivity contribution >= 4 is 39.2 Å². The Morgan fingerprint density at radius 2 is 2.16 bits per heavy atom. The van der Waals surface area contributed by atoms with Crippen molar-refractivity contribution < 1.29 is 0 Å². The molecule has 4 rings (SSSR count). The number of anilines is 1. The normalized spacial score (nSPS) is 18.6. The minimum absolute atomic E-state index is 0.171. The van der Waals surface area contributed by atoms with E-state index in [9.17, 15) is 0 Å². The van der Waals surface area contributed by atoms with Gasteiger partial charge in [-0.1, -0.05) is 6.07 Å². The molecule has 1 aliphatic heterocycles. The number of nitrogen functional groups attached to an aromatic ring is 1. The van der Waals surface area contributed by atoms with Crippen LogP contribution < -0.4 is 11.1 Å². The van der Waals surface area contributed by atoms with E-state index in [-0.39, 0.29) is 6.04 Å². The standard InChI is InChI=1S/C12H11N5S2/c13-12-15-8-3-4-14-10(11(8)18-12)6-1-2-7-9(5-6)17-19-16-7/h1-2,5,10,14H,3-4H2,(H2,13,15)/t10-/m1/s1. The van der Waals surface area contributed by atoms with Crippen molar-refractivity contribution in [3.63, 3.8) is 0 Å². The van der Waals surface area contributed by atoms with Crippen molar-refractivity contribution in [1.29, 1.82) is 0 Å². The van der Waals surface area contributed by atoms with Crippen molar-refractivity contribution in [3.05, 3.63) is 34.3 Å². The Labute approximate surface area is 117 Å². The zero-order chi connectivity index (χ0) is 12.8. The van der Waals surface area contributed by atoms with Crippen LogP contribution in [0.15, 0.2) is 18.2 Å². The molecule has 0 bridgehead atoms. The largest absolute Gasteiger partial charge is 0.375 e. The quantitative estimate of drug-likeness (QED) is 0.716. The minimum atomic E-state index is 0.171. The maximum absolute atomic E-state index is 5.83. The summed E-state index contributed by atoms with van der Waals surface area (Å²) >= 11 is 2.82. The lowest BCUT2D eigenvalue weighted by Crippen LogP contribution is -2.29. The van der Waals surface area contributed by atoms with E-state index in [1.54, 1.807) is 11.3 Å².